The van der Waals surface area contributed by atoms with E-state index in [9.17, 15) is 0 Å². The first kappa shape index (κ1) is 14.5. The van der Waals surface area contributed by atoms with E-state index < -0.39 is 5.60 Å². The molecule has 0 bridgehead atoms. The second kappa shape index (κ2) is 5.63. The standard InChI is InChI=1S/C15H21N3O2/c1-5-15(4,19-6-2)14-17-13(20-18-14)12-10(3)8-7-9-11(12)16/h7-9H,5-6,16H2,1-4H3. The Labute approximate surface area is 119 Å². The number of anilines is 1. The van der Waals surface area contributed by atoms with E-state index in [0.717, 1.165) is 17.5 Å². The molecule has 0 spiro atoms. The maximum absolute atomic E-state index is 6.00. The Morgan fingerprint density at radius 2 is 2.10 bits per heavy atom. The summed E-state index contributed by atoms with van der Waals surface area (Å²) in [6, 6.07) is 5.70. The highest BCUT2D eigenvalue weighted by Gasteiger charge is 2.31. The van der Waals surface area contributed by atoms with Gasteiger partial charge in [0.2, 0.25) is 5.82 Å². The molecule has 1 aromatic heterocycles. The van der Waals surface area contributed by atoms with Crippen molar-refractivity contribution in [1.29, 1.82) is 0 Å². The van der Waals surface area contributed by atoms with Gasteiger partial charge in [-0.25, -0.2) is 0 Å². The van der Waals surface area contributed by atoms with E-state index in [-0.39, 0.29) is 0 Å². The molecule has 108 valence electrons. The predicted molar refractivity (Wildman–Crippen MR) is 78.2 cm³/mol. The minimum absolute atomic E-state index is 0.440. The van der Waals surface area contributed by atoms with Crippen molar-refractivity contribution >= 4 is 5.69 Å². The molecule has 2 aromatic rings. The van der Waals surface area contributed by atoms with Gasteiger partial charge in [-0.1, -0.05) is 24.2 Å². The van der Waals surface area contributed by atoms with E-state index in [0.29, 0.717) is 24.0 Å². The van der Waals surface area contributed by atoms with Crippen molar-refractivity contribution in [1.82, 2.24) is 10.1 Å². The lowest BCUT2D eigenvalue weighted by molar-refractivity contribution is -0.0403. The molecule has 0 saturated carbocycles. The van der Waals surface area contributed by atoms with Crippen LogP contribution < -0.4 is 5.73 Å². The van der Waals surface area contributed by atoms with Crippen molar-refractivity contribution in [2.45, 2.75) is 39.7 Å². The average Bonchev–Trinajstić information content (AvgIpc) is 2.89. The lowest BCUT2D eigenvalue weighted by Crippen LogP contribution is -2.26. The Balaban J connectivity index is 2.43. The van der Waals surface area contributed by atoms with Crippen LogP contribution >= 0.6 is 0 Å². The molecule has 0 radical (unpaired) electrons. The number of aryl methyl sites for hydroxylation is 1. The summed E-state index contributed by atoms with van der Waals surface area (Å²) in [6.07, 6.45) is 0.767. The third kappa shape index (κ3) is 2.54. The summed E-state index contributed by atoms with van der Waals surface area (Å²) in [7, 11) is 0. The minimum atomic E-state index is -0.534. The van der Waals surface area contributed by atoms with Crippen molar-refractivity contribution < 1.29 is 9.26 Å². The maximum atomic E-state index is 6.00. The van der Waals surface area contributed by atoms with Crippen molar-refractivity contribution in [2.75, 3.05) is 12.3 Å². The molecular formula is C15H21N3O2. The zero-order valence-electron chi connectivity index (χ0n) is 12.4. The third-order valence-electron chi connectivity index (χ3n) is 3.56. The molecule has 20 heavy (non-hydrogen) atoms. The van der Waals surface area contributed by atoms with Gasteiger partial charge in [-0.15, -0.1) is 0 Å². The number of hydrogen-bond donors (Lipinski definition) is 1. The number of aromatic nitrogens is 2. The number of nitrogens with two attached hydrogens (primary N) is 1. The molecule has 0 amide bonds. The molecule has 0 aliphatic heterocycles. The van der Waals surface area contributed by atoms with Gasteiger partial charge in [-0.3, -0.25) is 0 Å². The Morgan fingerprint density at radius 3 is 2.70 bits per heavy atom. The van der Waals surface area contributed by atoms with Gasteiger partial charge >= 0.3 is 0 Å². The third-order valence-corrected chi connectivity index (χ3v) is 3.56. The molecule has 5 nitrogen and oxygen atoms in total. The van der Waals surface area contributed by atoms with Crippen LogP contribution in [0.4, 0.5) is 5.69 Å². The second-order valence-corrected chi connectivity index (χ2v) is 4.98. The Kier molecular flexibility index (Phi) is 4.09. The first-order chi connectivity index (χ1) is 9.51. The Morgan fingerprint density at radius 1 is 1.35 bits per heavy atom. The van der Waals surface area contributed by atoms with Gasteiger partial charge in [0.05, 0.1) is 5.56 Å². The van der Waals surface area contributed by atoms with Crippen LogP contribution in [0.3, 0.4) is 0 Å². The van der Waals surface area contributed by atoms with E-state index >= 15 is 0 Å². The summed E-state index contributed by atoms with van der Waals surface area (Å²) < 4.78 is 11.1. The number of nitrogen functional groups attached to an aromatic ring is 1. The minimum Gasteiger partial charge on any atom is -0.398 e. The van der Waals surface area contributed by atoms with Gasteiger partial charge in [0.15, 0.2) is 0 Å². The molecule has 1 heterocycles. The normalized spacial score (nSPS) is 14.2. The molecule has 5 heteroatoms. The molecule has 1 atom stereocenters. The van der Waals surface area contributed by atoms with Crippen LogP contribution in [-0.2, 0) is 10.3 Å². The number of hydrogen-bond acceptors (Lipinski definition) is 5. The molecule has 0 aliphatic carbocycles. The predicted octanol–water partition coefficient (Wildman–Crippen LogP) is 3.29. The lowest BCUT2D eigenvalue weighted by atomic mass is 10.0. The zero-order chi connectivity index (χ0) is 14.8. The smallest absolute Gasteiger partial charge is 0.260 e. The molecule has 1 unspecified atom stereocenters. The van der Waals surface area contributed by atoms with Crippen molar-refractivity contribution in [2.24, 2.45) is 0 Å². The fourth-order valence-corrected chi connectivity index (χ4v) is 2.17. The zero-order valence-corrected chi connectivity index (χ0v) is 12.4. The monoisotopic (exact) mass is 275 g/mol. The van der Waals surface area contributed by atoms with Crippen LogP contribution in [0, 0.1) is 6.92 Å². The fraction of sp³-hybridized carbons (Fsp3) is 0.467. The quantitative estimate of drug-likeness (QED) is 0.847. The highest BCUT2D eigenvalue weighted by atomic mass is 16.5. The van der Waals surface area contributed by atoms with Gasteiger partial charge in [-0.05, 0) is 38.8 Å². The van der Waals surface area contributed by atoms with E-state index in [2.05, 4.69) is 10.1 Å². The Bertz CT molecular complexity index is 574. The fourth-order valence-electron chi connectivity index (χ4n) is 2.17. The first-order valence-corrected chi connectivity index (χ1v) is 6.85. The summed E-state index contributed by atoms with van der Waals surface area (Å²) in [6.45, 7) is 8.52. The van der Waals surface area contributed by atoms with Gasteiger partial charge in [0.25, 0.3) is 5.89 Å². The number of ether oxygens (including phenoxy) is 1. The number of rotatable bonds is 5. The van der Waals surface area contributed by atoms with Crippen molar-refractivity contribution in [3.05, 3.63) is 29.6 Å². The molecule has 1 aromatic carbocycles. The van der Waals surface area contributed by atoms with E-state index in [1.807, 2.05) is 45.9 Å². The van der Waals surface area contributed by atoms with Crippen LogP contribution in [0.25, 0.3) is 11.5 Å². The second-order valence-electron chi connectivity index (χ2n) is 4.98. The molecule has 2 N–H and O–H groups in total. The topological polar surface area (TPSA) is 74.2 Å². The van der Waals surface area contributed by atoms with E-state index in [1.54, 1.807) is 0 Å². The van der Waals surface area contributed by atoms with E-state index in [1.165, 1.54) is 0 Å². The van der Waals surface area contributed by atoms with Crippen LogP contribution in [0.2, 0.25) is 0 Å². The van der Waals surface area contributed by atoms with Gasteiger partial charge in [-0.2, -0.15) is 4.98 Å². The van der Waals surface area contributed by atoms with Crippen LogP contribution in [-0.4, -0.2) is 16.7 Å². The van der Waals surface area contributed by atoms with Crippen LogP contribution in [0.5, 0.6) is 0 Å². The molecular weight excluding hydrogens is 254 g/mol. The summed E-state index contributed by atoms with van der Waals surface area (Å²) >= 11 is 0. The molecule has 0 saturated heterocycles. The van der Waals surface area contributed by atoms with Crippen molar-refractivity contribution in [3.8, 4) is 11.5 Å². The molecule has 0 aliphatic rings. The van der Waals surface area contributed by atoms with Crippen molar-refractivity contribution in [3.63, 3.8) is 0 Å². The maximum Gasteiger partial charge on any atom is 0.260 e. The van der Waals surface area contributed by atoms with Gasteiger partial charge in [0, 0.05) is 12.3 Å². The van der Waals surface area contributed by atoms with E-state index in [4.69, 9.17) is 15.0 Å². The van der Waals surface area contributed by atoms with Crippen LogP contribution in [0.1, 0.15) is 38.6 Å². The molecule has 2 rings (SSSR count). The first-order valence-electron chi connectivity index (χ1n) is 6.85. The van der Waals surface area contributed by atoms with Gasteiger partial charge in [0.1, 0.15) is 5.60 Å². The summed E-state index contributed by atoms with van der Waals surface area (Å²) in [5, 5.41) is 4.07. The highest BCUT2D eigenvalue weighted by molar-refractivity contribution is 5.73. The highest BCUT2D eigenvalue weighted by Crippen LogP contribution is 2.32. The largest absolute Gasteiger partial charge is 0.398 e. The van der Waals surface area contributed by atoms with Gasteiger partial charge < -0.3 is 15.0 Å². The average molecular weight is 275 g/mol. The number of nitrogens with zero attached hydrogens (tertiary/aromatic N) is 2. The SMILES string of the molecule is CCOC(C)(CC)c1noc(-c2c(C)cccc2N)n1. The molecule has 0 fully saturated rings. The Hall–Kier alpha value is -1.88. The lowest BCUT2D eigenvalue weighted by Gasteiger charge is -2.23. The summed E-state index contributed by atoms with van der Waals surface area (Å²) in [4.78, 5) is 4.48. The number of benzene rings is 1. The summed E-state index contributed by atoms with van der Waals surface area (Å²) in [5.41, 5.74) is 7.91. The summed E-state index contributed by atoms with van der Waals surface area (Å²) in [5.74, 6) is 0.995. The van der Waals surface area contributed by atoms with Crippen LogP contribution in [0.15, 0.2) is 22.7 Å².